The molecule has 1 fully saturated rings. The highest BCUT2D eigenvalue weighted by Crippen LogP contribution is 2.16. The number of likely N-dealkylation sites (N-methyl/N-ethyl adjacent to an activating group) is 1. The number of rotatable bonds is 5. The zero-order chi connectivity index (χ0) is 13.0. The van der Waals surface area contributed by atoms with Gasteiger partial charge in [0.1, 0.15) is 5.82 Å². The molecule has 4 heteroatoms. The second-order valence-corrected chi connectivity index (χ2v) is 5.11. The van der Waals surface area contributed by atoms with Crippen LogP contribution in [0.4, 0.5) is 4.39 Å². The number of benzene rings is 1. The molecule has 0 aromatic heterocycles. The van der Waals surface area contributed by atoms with Crippen molar-refractivity contribution in [3.8, 4) is 0 Å². The summed E-state index contributed by atoms with van der Waals surface area (Å²) in [5, 5.41) is 0. The molecule has 0 spiro atoms. The smallest absolute Gasteiger partial charge is 0.123 e. The number of nitrogens with zero attached hydrogens (tertiary/aromatic N) is 1. The fourth-order valence-corrected chi connectivity index (χ4v) is 2.37. The van der Waals surface area contributed by atoms with E-state index in [-0.39, 0.29) is 11.9 Å². The van der Waals surface area contributed by atoms with Crippen LogP contribution in [0, 0.1) is 11.7 Å². The minimum atomic E-state index is -0.193. The molecular formula is C14H21FN2O. The van der Waals surface area contributed by atoms with Gasteiger partial charge in [-0.2, -0.15) is 0 Å². The summed E-state index contributed by atoms with van der Waals surface area (Å²) in [6.45, 7) is 3.25. The van der Waals surface area contributed by atoms with Gasteiger partial charge in [0.25, 0.3) is 0 Å². The standard InChI is InChI=1S/C14H21FN2O/c1-17(8-11-2-4-13(15)5-3-11)9-14(16)12-6-7-18-10-12/h2-5,12,14H,6-10,16H2,1H3. The second kappa shape index (κ2) is 6.27. The zero-order valence-electron chi connectivity index (χ0n) is 10.8. The predicted octanol–water partition coefficient (Wildman–Crippen LogP) is 1.62. The van der Waals surface area contributed by atoms with E-state index in [1.54, 1.807) is 0 Å². The largest absolute Gasteiger partial charge is 0.381 e. The molecule has 0 radical (unpaired) electrons. The van der Waals surface area contributed by atoms with Crippen molar-refractivity contribution in [2.75, 3.05) is 26.8 Å². The highest BCUT2D eigenvalue weighted by atomic mass is 19.1. The van der Waals surface area contributed by atoms with Crippen molar-refractivity contribution in [3.63, 3.8) is 0 Å². The first-order chi connectivity index (χ1) is 8.65. The van der Waals surface area contributed by atoms with E-state index in [0.29, 0.717) is 5.92 Å². The van der Waals surface area contributed by atoms with Crippen molar-refractivity contribution in [2.24, 2.45) is 11.7 Å². The molecule has 1 heterocycles. The van der Waals surface area contributed by atoms with Gasteiger partial charge in [0.15, 0.2) is 0 Å². The average molecular weight is 252 g/mol. The topological polar surface area (TPSA) is 38.5 Å². The maximum absolute atomic E-state index is 12.8. The third-order valence-electron chi connectivity index (χ3n) is 3.46. The van der Waals surface area contributed by atoms with Gasteiger partial charge in [-0.05, 0) is 31.2 Å². The molecule has 2 atom stereocenters. The summed E-state index contributed by atoms with van der Waals surface area (Å²) in [5.41, 5.74) is 7.28. The van der Waals surface area contributed by atoms with E-state index in [0.717, 1.165) is 38.3 Å². The van der Waals surface area contributed by atoms with Crippen molar-refractivity contribution >= 4 is 0 Å². The van der Waals surface area contributed by atoms with Crippen LogP contribution in [0.2, 0.25) is 0 Å². The van der Waals surface area contributed by atoms with E-state index in [1.165, 1.54) is 12.1 Å². The SMILES string of the molecule is CN(Cc1ccc(F)cc1)CC(N)C1CCOC1. The van der Waals surface area contributed by atoms with Crippen LogP contribution in [0.15, 0.2) is 24.3 Å². The minimum Gasteiger partial charge on any atom is -0.381 e. The molecule has 2 N–H and O–H groups in total. The quantitative estimate of drug-likeness (QED) is 0.865. The van der Waals surface area contributed by atoms with E-state index in [1.807, 2.05) is 19.2 Å². The summed E-state index contributed by atoms with van der Waals surface area (Å²) in [7, 11) is 2.04. The predicted molar refractivity (Wildman–Crippen MR) is 69.6 cm³/mol. The number of hydrogen-bond donors (Lipinski definition) is 1. The van der Waals surface area contributed by atoms with Crippen molar-refractivity contribution in [1.82, 2.24) is 4.90 Å². The van der Waals surface area contributed by atoms with E-state index < -0.39 is 0 Å². The fraction of sp³-hybridized carbons (Fsp3) is 0.571. The molecule has 0 aliphatic carbocycles. The Hall–Kier alpha value is -0.970. The zero-order valence-corrected chi connectivity index (χ0v) is 10.8. The first-order valence-electron chi connectivity index (χ1n) is 6.41. The Balaban J connectivity index is 1.80. The van der Waals surface area contributed by atoms with Crippen molar-refractivity contribution in [3.05, 3.63) is 35.6 Å². The normalized spacial score (nSPS) is 21.4. The van der Waals surface area contributed by atoms with Crippen LogP contribution >= 0.6 is 0 Å². The first-order valence-corrected chi connectivity index (χ1v) is 6.41. The van der Waals surface area contributed by atoms with Gasteiger partial charge in [0.2, 0.25) is 0 Å². The van der Waals surface area contributed by atoms with Crippen molar-refractivity contribution in [2.45, 2.75) is 19.0 Å². The lowest BCUT2D eigenvalue weighted by Gasteiger charge is -2.24. The van der Waals surface area contributed by atoms with Gasteiger partial charge in [-0.15, -0.1) is 0 Å². The number of nitrogens with two attached hydrogens (primary N) is 1. The van der Waals surface area contributed by atoms with Crippen LogP contribution in [0.25, 0.3) is 0 Å². The summed E-state index contributed by atoms with van der Waals surface area (Å²) in [5.74, 6) is 0.280. The molecule has 100 valence electrons. The average Bonchev–Trinajstić information content (AvgIpc) is 2.85. The van der Waals surface area contributed by atoms with Crippen LogP contribution in [0.3, 0.4) is 0 Å². The van der Waals surface area contributed by atoms with Crippen LogP contribution in [0.5, 0.6) is 0 Å². The molecule has 1 aromatic rings. The molecule has 1 aromatic carbocycles. The lowest BCUT2D eigenvalue weighted by atomic mass is 9.99. The van der Waals surface area contributed by atoms with E-state index in [4.69, 9.17) is 10.5 Å². The van der Waals surface area contributed by atoms with Crippen molar-refractivity contribution < 1.29 is 9.13 Å². The summed E-state index contributed by atoms with van der Waals surface area (Å²) in [6, 6.07) is 6.77. The van der Waals surface area contributed by atoms with E-state index >= 15 is 0 Å². The molecule has 0 amide bonds. The maximum Gasteiger partial charge on any atom is 0.123 e. The van der Waals surface area contributed by atoms with Crippen molar-refractivity contribution in [1.29, 1.82) is 0 Å². The Labute approximate surface area is 108 Å². The Morgan fingerprint density at radius 3 is 2.78 bits per heavy atom. The second-order valence-electron chi connectivity index (χ2n) is 5.11. The Morgan fingerprint density at radius 2 is 2.17 bits per heavy atom. The van der Waals surface area contributed by atoms with Gasteiger partial charge >= 0.3 is 0 Å². The van der Waals surface area contributed by atoms with Gasteiger partial charge < -0.3 is 15.4 Å². The number of hydrogen-bond acceptors (Lipinski definition) is 3. The van der Waals surface area contributed by atoms with E-state index in [9.17, 15) is 4.39 Å². The number of ether oxygens (including phenoxy) is 1. The molecule has 2 unspecified atom stereocenters. The van der Waals surface area contributed by atoms with Crippen LogP contribution in [0.1, 0.15) is 12.0 Å². The highest BCUT2D eigenvalue weighted by Gasteiger charge is 2.23. The molecule has 2 rings (SSSR count). The Kier molecular flexibility index (Phi) is 4.69. The molecular weight excluding hydrogens is 231 g/mol. The minimum absolute atomic E-state index is 0.151. The first kappa shape index (κ1) is 13.5. The van der Waals surface area contributed by atoms with Gasteiger partial charge in [-0.25, -0.2) is 4.39 Å². The Morgan fingerprint density at radius 1 is 1.44 bits per heavy atom. The van der Waals surface area contributed by atoms with Gasteiger partial charge in [0, 0.05) is 31.7 Å². The fourth-order valence-electron chi connectivity index (χ4n) is 2.37. The Bertz CT molecular complexity index is 363. The summed E-state index contributed by atoms with van der Waals surface area (Å²) >= 11 is 0. The van der Waals surface area contributed by atoms with Crippen LogP contribution in [-0.2, 0) is 11.3 Å². The molecule has 1 aliphatic rings. The molecule has 3 nitrogen and oxygen atoms in total. The lowest BCUT2D eigenvalue weighted by Crippen LogP contribution is -2.40. The summed E-state index contributed by atoms with van der Waals surface area (Å²) in [6.07, 6.45) is 1.06. The molecule has 18 heavy (non-hydrogen) atoms. The third kappa shape index (κ3) is 3.77. The van der Waals surface area contributed by atoms with Gasteiger partial charge in [0.05, 0.1) is 6.61 Å². The molecule has 1 saturated heterocycles. The maximum atomic E-state index is 12.8. The van der Waals surface area contributed by atoms with Crippen LogP contribution in [-0.4, -0.2) is 37.7 Å². The molecule has 1 aliphatic heterocycles. The summed E-state index contributed by atoms with van der Waals surface area (Å²) < 4.78 is 18.1. The molecule has 0 saturated carbocycles. The number of halogens is 1. The highest BCUT2D eigenvalue weighted by molar-refractivity contribution is 5.15. The van der Waals surface area contributed by atoms with Gasteiger partial charge in [-0.1, -0.05) is 12.1 Å². The summed E-state index contributed by atoms with van der Waals surface area (Å²) in [4.78, 5) is 2.18. The lowest BCUT2D eigenvalue weighted by molar-refractivity contribution is 0.173. The van der Waals surface area contributed by atoms with Gasteiger partial charge in [-0.3, -0.25) is 0 Å². The molecule has 0 bridgehead atoms. The van der Waals surface area contributed by atoms with E-state index in [2.05, 4.69) is 4.90 Å². The van der Waals surface area contributed by atoms with Crippen LogP contribution < -0.4 is 5.73 Å². The third-order valence-corrected chi connectivity index (χ3v) is 3.46. The monoisotopic (exact) mass is 252 g/mol.